The van der Waals surface area contributed by atoms with Gasteiger partial charge in [-0.05, 0) is 17.9 Å². The van der Waals surface area contributed by atoms with Crippen molar-refractivity contribution in [1.29, 1.82) is 0 Å². The third-order valence-electron chi connectivity index (χ3n) is 3.10. The predicted octanol–water partition coefficient (Wildman–Crippen LogP) is 3.32. The van der Waals surface area contributed by atoms with Crippen molar-refractivity contribution in [3.8, 4) is 0 Å². The number of hydrogen-bond acceptors (Lipinski definition) is 3. The lowest BCUT2D eigenvalue weighted by Gasteiger charge is -2.09. The lowest BCUT2D eigenvalue weighted by Crippen LogP contribution is -2.28. The molecule has 1 amide bonds. The Hall–Kier alpha value is -2.30. The van der Waals surface area contributed by atoms with Gasteiger partial charge in [0.05, 0.1) is 0 Å². The molecule has 1 unspecified atom stereocenters. The summed E-state index contributed by atoms with van der Waals surface area (Å²) in [6.07, 6.45) is 2.29. The standard InChI is InChI=1S/C16H21NO4/c1-3-12(2)9-10-14(15(18)19)17-16(20)21-11-13-7-5-4-6-8-13/h4-8,10,12H,3,9,11H2,1-2H3,(H,17,20)(H,18,19). The number of amides is 1. The number of nitrogens with one attached hydrogen (secondary N) is 1. The Morgan fingerprint density at radius 1 is 1.33 bits per heavy atom. The fraction of sp³-hybridized carbons (Fsp3) is 0.375. The van der Waals surface area contributed by atoms with E-state index < -0.39 is 12.1 Å². The number of aliphatic carboxylic acids is 1. The van der Waals surface area contributed by atoms with Crippen molar-refractivity contribution in [3.63, 3.8) is 0 Å². The largest absolute Gasteiger partial charge is 0.477 e. The molecule has 0 saturated heterocycles. The molecule has 0 saturated carbocycles. The molecule has 5 heteroatoms. The Morgan fingerprint density at radius 2 is 2.00 bits per heavy atom. The fourth-order valence-corrected chi connectivity index (χ4v) is 1.55. The van der Waals surface area contributed by atoms with Crippen molar-refractivity contribution in [2.24, 2.45) is 5.92 Å². The molecule has 1 aromatic carbocycles. The monoisotopic (exact) mass is 291 g/mol. The summed E-state index contributed by atoms with van der Waals surface area (Å²) in [7, 11) is 0. The van der Waals surface area contributed by atoms with Crippen LogP contribution in [0.15, 0.2) is 42.1 Å². The summed E-state index contributed by atoms with van der Waals surface area (Å²) >= 11 is 0. The van der Waals surface area contributed by atoms with E-state index in [-0.39, 0.29) is 12.3 Å². The van der Waals surface area contributed by atoms with Crippen molar-refractivity contribution in [1.82, 2.24) is 5.32 Å². The van der Waals surface area contributed by atoms with E-state index in [4.69, 9.17) is 9.84 Å². The van der Waals surface area contributed by atoms with Crippen LogP contribution in [-0.2, 0) is 16.1 Å². The molecule has 1 atom stereocenters. The number of carboxylic acid groups (broad SMARTS) is 1. The molecular weight excluding hydrogens is 270 g/mol. The third kappa shape index (κ3) is 6.61. The Bertz CT molecular complexity index is 496. The highest BCUT2D eigenvalue weighted by Gasteiger charge is 2.12. The van der Waals surface area contributed by atoms with Crippen molar-refractivity contribution in [2.75, 3.05) is 0 Å². The molecular formula is C16H21NO4. The molecule has 0 fully saturated rings. The molecule has 0 aromatic heterocycles. The quantitative estimate of drug-likeness (QED) is 0.756. The summed E-state index contributed by atoms with van der Waals surface area (Å²) in [5.41, 5.74) is 0.696. The van der Waals surface area contributed by atoms with Gasteiger partial charge in [-0.15, -0.1) is 0 Å². The number of benzene rings is 1. The van der Waals surface area contributed by atoms with Gasteiger partial charge in [-0.25, -0.2) is 9.59 Å². The van der Waals surface area contributed by atoms with Gasteiger partial charge in [0.25, 0.3) is 0 Å². The van der Waals surface area contributed by atoms with Crippen molar-refractivity contribution >= 4 is 12.1 Å². The fourth-order valence-electron chi connectivity index (χ4n) is 1.55. The number of alkyl carbamates (subject to hydrolysis) is 1. The average molecular weight is 291 g/mol. The molecule has 1 aromatic rings. The molecule has 0 aliphatic rings. The normalized spacial score (nSPS) is 12.6. The number of carbonyl (C=O) groups excluding carboxylic acids is 1. The Kier molecular flexibility index (Phi) is 7.01. The molecule has 2 N–H and O–H groups in total. The van der Waals surface area contributed by atoms with Crippen LogP contribution >= 0.6 is 0 Å². The van der Waals surface area contributed by atoms with Crippen LogP contribution < -0.4 is 5.32 Å². The number of carboxylic acids is 1. The first-order chi connectivity index (χ1) is 10.0. The van der Waals surface area contributed by atoms with E-state index in [2.05, 4.69) is 5.32 Å². The first-order valence-corrected chi connectivity index (χ1v) is 6.94. The molecule has 0 aliphatic carbocycles. The minimum absolute atomic E-state index is 0.102. The van der Waals surface area contributed by atoms with Crippen LogP contribution in [0.5, 0.6) is 0 Å². The molecule has 0 spiro atoms. The summed E-state index contributed by atoms with van der Waals surface area (Å²) < 4.78 is 4.99. The Morgan fingerprint density at radius 3 is 2.57 bits per heavy atom. The van der Waals surface area contributed by atoms with Crippen LogP contribution in [0.2, 0.25) is 0 Å². The molecule has 21 heavy (non-hydrogen) atoms. The molecule has 114 valence electrons. The number of ether oxygens (including phenoxy) is 1. The van der Waals surface area contributed by atoms with Gasteiger partial charge in [0.2, 0.25) is 0 Å². The van der Waals surface area contributed by atoms with Gasteiger partial charge in [-0.2, -0.15) is 0 Å². The van der Waals surface area contributed by atoms with Crippen molar-refractivity contribution in [2.45, 2.75) is 33.3 Å². The Labute approximate surface area is 124 Å². The van der Waals surface area contributed by atoms with Crippen LogP contribution in [-0.4, -0.2) is 17.2 Å². The second-order valence-electron chi connectivity index (χ2n) is 4.86. The van der Waals surface area contributed by atoms with Crippen LogP contribution in [0.1, 0.15) is 32.3 Å². The second kappa shape index (κ2) is 8.79. The summed E-state index contributed by atoms with van der Waals surface area (Å²) in [6.45, 7) is 4.15. The van der Waals surface area contributed by atoms with Crippen LogP contribution in [0.25, 0.3) is 0 Å². The van der Waals surface area contributed by atoms with Gasteiger partial charge in [0.1, 0.15) is 12.3 Å². The second-order valence-corrected chi connectivity index (χ2v) is 4.86. The minimum Gasteiger partial charge on any atom is -0.477 e. The highest BCUT2D eigenvalue weighted by molar-refractivity contribution is 5.90. The molecule has 0 bridgehead atoms. The SMILES string of the molecule is CCC(C)CC=C(NC(=O)OCc1ccccc1)C(=O)O. The van der Waals surface area contributed by atoms with E-state index in [0.29, 0.717) is 12.3 Å². The lowest BCUT2D eigenvalue weighted by atomic mass is 10.0. The first kappa shape index (κ1) is 16.8. The first-order valence-electron chi connectivity index (χ1n) is 6.94. The van der Waals surface area contributed by atoms with Crippen molar-refractivity contribution < 1.29 is 19.4 Å². The van der Waals surface area contributed by atoms with Gasteiger partial charge in [0.15, 0.2) is 0 Å². The van der Waals surface area contributed by atoms with E-state index in [9.17, 15) is 9.59 Å². The number of hydrogen-bond donors (Lipinski definition) is 2. The highest BCUT2D eigenvalue weighted by Crippen LogP contribution is 2.09. The number of carbonyl (C=O) groups is 2. The zero-order chi connectivity index (χ0) is 15.7. The molecule has 5 nitrogen and oxygen atoms in total. The third-order valence-corrected chi connectivity index (χ3v) is 3.10. The van der Waals surface area contributed by atoms with Crippen LogP contribution in [0, 0.1) is 5.92 Å². The minimum atomic E-state index is -1.17. The predicted molar refractivity (Wildman–Crippen MR) is 79.6 cm³/mol. The average Bonchev–Trinajstić information content (AvgIpc) is 2.49. The van der Waals surface area contributed by atoms with Crippen LogP contribution in [0.4, 0.5) is 4.79 Å². The van der Waals surface area contributed by atoms with Gasteiger partial charge in [0, 0.05) is 0 Å². The maximum atomic E-state index is 11.6. The van der Waals surface area contributed by atoms with E-state index in [1.807, 2.05) is 44.2 Å². The summed E-state index contributed by atoms with van der Waals surface area (Å²) in [5.74, 6) is -0.809. The molecule has 0 heterocycles. The van der Waals surface area contributed by atoms with E-state index in [1.54, 1.807) is 0 Å². The molecule has 0 aliphatic heterocycles. The smallest absolute Gasteiger partial charge is 0.412 e. The molecule has 1 rings (SSSR count). The summed E-state index contributed by atoms with van der Waals surface area (Å²) in [4.78, 5) is 22.7. The van der Waals surface area contributed by atoms with Crippen LogP contribution in [0.3, 0.4) is 0 Å². The lowest BCUT2D eigenvalue weighted by molar-refractivity contribution is -0.133. The highest BCUT2D eigenvalue weighted by atomic mass is 16.5. The zero-order valence-corrected chi connectivity index (χ0v) is 12.3. The van der Waals surface area contributed by atoms with Crippen molar-refractivity contribution in [3.05, 3.63) is 47.7 Å². The number of allylic oxidation sites excluding steroid dienone is 1. The van der Waals surface area contributed by atoms with Gasteiger partial charge >= 0.3 is 12.1 Å². The van der Waals surface area contributed by atoms with Gasteiger partial charge in [-0.1, -0.05) is 56.7 Å². The summed E-state index contributed by atoms with van der Waals surface area (Å²) in [6, 6.07) is 9.19. The Balaban J connectivity index is 2.51. The molecule has 0 radical (unpaired) electrons. The van der Waals surface area contributed by atoms with E-state index >= 15 is 0 Å². The number of rotatable bonds is 7. The van der Waals surface area contributed by atoms with E-state index in [0.717, 1.165) is 12.0 Å². The van der Waals surface area contributed by atoms with Gasteiger partial charge < -0.3 is 9.84 Å². The maximum Gasteiger partial charge on any atom is 0.412 e. The summed E-state index contributed by atoms with van der Waals surface area (Å²) in [5, 5.41) is 11.3. The maximum absolute atomic E-state index is 11.6. The zero-order valence-electron chi connectivity index (χ0n) is 12.3. The van der Waals surface area contributed by atoms with Gasteiger partial charge in [-0.3, -0.25) is 5.32 Å². The topological polar surface area (TPSA) is 75.6 Å². The van der Waals surface area contributed by atoms with E-state index in [1.165, 1.54) is 6.08 Å².